The fraction of sp³-hybridized carbons (Fsp3) is 0.300. The number of fused-ring (bicyclic) bond motifs is 1. The number of hydrogen-bond donors (Lipinski definition) is 1. The topological polar surface area (TPSA) is 81.1 Å². The zero-order valence-electron chi connectivity index (χ0n) is 15.5. The zero-order valence-corrected chi connectivity index (χ0v) is 17.1. The third-order valence-corrected chi connectivity index (χ3v) is 8.23. The molecule has 0 saturated carbocycles. The highest BCUT2D eigenvalue weighted by molar-refractivity contribution is 8.02. The number of imidazole rings is 1. The molecule has 1 aromatic heterocycles. The summed E-state index contributed by atoms with van der Waals surface area (Å²) in [6, 6.07) is 15.2. The molecule has 3 aromatic rings. The van der Waals surface area contributed by atoms with E-state index in [1.54, 1.807) is 6.07 Å². The first-order valence-corrected chi connectivity index (χ1v) is 11.8. The van der Waals surface area contributed by atoms with Crippen molar-refractivity contribution in [2.45, 2.75) is 23.1 Å². The minimum Gasteiger partial charge on any atom is -0.345 e. The van der Waals surface area contributed by atoms with E-state index in [1.165, 1.54) is 11.8 Å². The van der Waals surface area contributed by atoms with Gasteiger partial charge in [0.1, 0.15) is 5.82 Å². The second-order valence-electron chi connectivity index (χ2n) is 6.90. The molecule has 1 saturated heterocycles. The Labute approximate surface area is 168 Å². The first-order chi connectivity index (χ1) is 13.4. The van der Waals surface area contributed by atoms with Crippen LogP contribution in [0.4, 0.5) is 0 Å². The van der Waals surface area contributed by atoms with E-state index < -0.39 is 9.84 Å². The molecule has 1 N–H and O–H groups in total. The van der Waals surface area contributed by atoms with Crippen LogP contribution >= 0.6 is 11.8 Å². The van der Waals surface area contributed by atoms with Crippen LogP contribution in [0.25, 0.3) is 11.0 Å². The van der Waals surface area contributed by atoms with Crippen molar-refractivity contribution in [3.05, 3.63) is 59.9 Å². The number of para-hydroxylation sites is 2. The number of nitrogens with one attached hydrogen (secondary N) is 1. The maximum absolute atomic E-state index is 12.8. The van der Waals surface area contributed by atoms with E-state index in [9.17, 15) is 13.2 Å². The number of aryl methyl sites for hydroxylation is 1. The van der Waals surface area contributed by atoms with Crippen LogP contribution in [0.2, 0.25) is 0 Å². The molecular formula is C20H21N3O3S2. The van der Waals surface area contributed by atoms with Gasteiger partial charge in [-0.05, 0) is 30.7 Å². The number of benzene rings is 2. The van der Waals surface area contributed by atoms with Crippen molar-refractivity contribution in [3.8, 4) is 0 Å². The molecule has 28 heavy (non-hydrogen) atoms. The quantitative estimate of drug-likeness (QED) is 0.693. The molecule has 146 valence electrons. The van der Waals surface area contributed by atoms with E-state index in [4.69, 9.17) is 0 Å². The number of aromatic nitrogens is 2. The number of sulfone groups is 1. The summed E-state index contributed by atoms with van der Waals surface area (Å²) in [5.74, 6) is 0.997. The summed E-state index contributed by atoms with van der Waals surface area (Å²) in [5, 5.41) is 2.94. The van der Waals surface area contributed by atoms with Gasteiger partial charge in [-0.2, -0.15) is 0 Å². The highest BCUT2D eigenvalue weighted by Gasteiger charge is 2.29. The summed E-state index contributed by atoms with van der Waals surface area (Å²) in [4.78, 5) is 18.2. The first-order valence-electron chi connectivity index (χ1n) is 9.07. The number of carbonyl (C=O) groups excluding carboxylic acids is 1. The van der Waals surface area contributed by atoms with Crippen molar-refractivity contribution in [1.29, 1.82) is 0 Å². The predicted octanol–water partition coefficient (Wildman–Crippen LogP) is 2.78. The van der Waals surface area contributed by atoms with Crippen molar-refractivity contribution < 1.29 is 13.2 Å². The standard InChI is InChI=1S/C20H21N3O3S2/c1-23-17-8-4-3-7-16(17)22-19(23)12-21-20(24)15-6-2-5-9-18(15)27-14-10-11-28(25,26)13-14/h2-9,14H,10-13H2,1H3,(H,21,24)/t14-/m1/s1. The van der Waals surface area contributed by atoms with Crippen LogP contribution in [0.1, 0.15) is 22.6 Å². The minimum absolute atomic E-state index is 0.00112. The van der Waals surface area contributed by atoms with E-state index >= 15 is 0 Å². The Morgan fingerprint density at radius 3 is 2.71 bits per heavy atom. The lowest BCUT2D eigenvalue weighted by molar-refractivity contribution is 0.0946. The number of thioether (sulfide) groups is 1. The van der Waals surface area contributed by atoms with Gasteiger partial charge in [0.25, 0.3) is 5.91 Å². The molecule has 8 heteroatoms. The Morgan fingerprint density at radius 2 is 1.96 bits per heavy atom. The van der Waals surface area contributed by atoms with Crippen LogP contribution < -0.4 is 5.32 Å². The van der Waals surface area contributed by atoms with Crippen LogP contribution in [0.15, 0.2) is 53.4 Å². The van der Waals surface area contributed by atoms with E-state index in [2.05, 4.69) is 10.3 Å². The minimum atomic E-state index is -2.94. The van der Waals surface area contributed by atoms with Crippen molar-refractivity contribution in [1.82, 2.24) is 14.9 Å². The Hall–Kier alpha value is -2.32. The maximum Gasteiger partial charge on any atom is 0.252 e. The van der Waals surface area contributed by atoms with Crippen molar-refractivity contribution in [2.75, 3.05) is 11.5 Å². The summed E-state index contributed by atoms with van der Waals surface area (Å²) in [7, 11) is -1.01. The number of hydrogen-bond acceptors (Lipinski definition) is 5. The third kappa shape index (κ3) is 3.93. The molecule has 1 aliphatic rings. The van der Waals surface area contributed by atoms with Crippen LogP contribution in [-0.4, -0.2) is 40.6 Å². The molecule has 1 amide bonds. The van der Waals surface area contributed by atoms with Crippen LogP contribution in [-0.2, 0) is 23.4 Å². The summed E-state index contributed by atoms with van der Waals surface area (Å²) in [5.41, 5.74) is 2.48. The van der Waals surface area contributed by atoms with E-state index in [0.29, 0.717) is 18.5 Å². The average molecular weight is 416 g/mol. The molecule has 6 nitrogen and oxygen atoms in total. The molecule has 0 spiro atoms. The number of rotatable bonds is 5. The summed E-state index contributed by atoms with van der Waals surface area (Å²) >= 11 is 1.48. The predicted molar refractivity (Wildman–Crippen MR) is 111 cm³/mol. The molecule has 2 aromatic carbocycles. The molecule has 1 fully saturated rings. The highest BCUT2D eigenvalue weighted by Crippen LogP contribution is 2.33. The van der Waals surface area contributed by atoms with Crippen LogP contribution in [0.5, 0.6) is 0 Å². The second kappa shape index (κ2) is 7.60. The smallest absolute Gasteiger partial charge is 0.252 e. The fourth-order valence-electron chi connectivity index (χ4n) is 3.40. The number of amides is 1. The van der Waals surface area contributed by atoms with Crippen molar-refractivity contribution in [3.63, 3.8) is 0 Å². The Kier molecular flexibility index (Phi) is 5.16. The van der Waals surface area contributed by atoms with E-state index in [0.717, 1.165) is 21.8 Å². The maximum atomic E-state index is 12.8. The van der Waals surface area contributed by atoms with Crippen LogP contribution in [0, 0.1) is 0 Å². The molecule has 0 bridgehead atoms. The van der Waals surface area contributed by atoms with Gasteiger partial charge in [-0.15, -0.1) is 11.8 Å². The SMILES string of the molecule is Cn1c(CNC(=O)c2ccccc2S[C@@H]2CCS(=O)(=O)C2)nc2ccccc21. The van der Waals surface area contributed by atoms with Gasteiger partial charge >= 0.3 is 0 Å². The van der Waals surface area contributed by atoms with Gasteiger partial charge in [0.05, 0.1) is 34.6 Å². The van der Waals surface area contributed by atoms with Gasteiger partial charge in [0.2, 0.25) is 0 Å². The van der Waals surface area contributed by atoms with E-state index in [1.807, 2.05) is 54.1 Å². The number of nitrogens with zero attached hydrogens (tertiary/aromatic N) is 2. The fourth-order valence-corrected chi connectivity index (χ4v) is 7.02. The lowest BCUT2D eigenvalue weighted by Crippen LogP contribution is -2.25. The summed E-state index contributed by atoms with van der Waals surface area (Å²) in [6.45, 7) is 0.320. The zero-order chi connectivity index (χ0) is 19.7. The molecule has 4 rings (SSSR count). The Morgan fingerprint density at radius 1 is 1.21 bits per heavy atom. The van der Waals surface area contributed by atoms with Gasteiger partial charge < -0.3 is 9.88 Å². The molecule has 1 atom stereocenters. The number of carbonyl (C=O) groups is 1. The van der Waals surface area contributed by atoms with Gasteiger partial charge in [0, 0.05) is 17.2 Å². The van der Waals surface area contributed by atoms with Gasteiger partial charge in [0.15, 0.2) is 9.84 Å². The van der Waals surface area contributed by atoms with Gasteiger partial charge in [-0.1, -0.05) is 24.3 Å². The lowest BCUT2D eigenvalue weighted by atomic mass is 10.2. The normalized spacial score (nSPS) is 18.4. The molecule has 0 unspecified atom stereocenters. The highest BCUT2D eigenvalue weighted by atomic mass is 32.2. The van der Waals surface area contributed by atoms with Crippen molar-refractivity contribution >= 4 is 38.5 Å². The third-order valence-electron chi connectivity index (χ3n) is 4.90. The van der Waals surface area contributed by atoms with E-state index in [-0.39, 0.29) is 22.7 Å². The summed E-state index contributed by atoms with van der Waals surface area (Å²) < 4.78 is 25.4. The van der Waals surface area contributed by atoms with Crippen LogP contribution in [0.3, 0.4) is 0 Å². The molecular weight excluding hydrogens is 394 g/mol. The van der Waals surface area contributed by atoms with Gasteiger partial charge in [-0.3, -0.25) is 4.79 Å². The van der Waals surface area contributed by atoms with Gasteiger partial charge in [-0.25, -0.2) is 13.4 Å². The second-order valence-corrected chi connectivity index (χ2v) is 10.5. The van der Waals surface area contributed by atoms with Crippen molar-refractivity contribution in [2.24, 2.45) is 7.05 Å². The Bertz CT molecular complexity index is 1140. The molecule has 0 radical (unpaired) electrons. The largest absolute Gasteiger partial charge is 0.345 e. The lowest BCUT2D eigenvalue weighted by Gasteiger charge is -2.12. The first kappa shape index (κ1) is 19.0. The monoisotopic (exact) mass is 415 g/mol. The molecule has 0 aliphatic carbocycles. The average Bonchev–Trinajstić information content (AvgIpc) is 3.19. The molecule has 1 aliphatic heterocycles. The molecule has 2 heterocycles. The summed E-state index contributed by atoms with van der Waals surface area (Å²) in [6.07, 6.45) is 0.628. The Balaban J connectivity index is 1.48.